The van der Waals surface area contributed by atoms with Crippen LogP contribution in [0.15, 0.2) is 0 Å². The maximum Gasteiger partial charge on any atom is 0.182 e. The number of aldehydes is 2. The van der Waals surface area contributed by atoms with Crippen LogP contribution < -0.4 is 0 Å². The molecule has 0 bridgehead atoms. The summed E-state index contributed by atoms with van der Waals surface area (Å²) in [6.45, 7) is 0. The molecule has 0 unspecified atom stereocenters. The van der Waals surface area contributed by atoms with Gasteiger partial charge in [-0.15, -0.1) is 0 Å². The first-order valence-electron chi connectivity index (χ1n) is 1.66. The molecule has 0 amide bonds. The summed E-state index contributed by atoms with van der Waals surface area (Å²) in [6.07, 6.45) is -2.93. The molecule has 0 aromatic rings. The lowest BCUT2D eigenvalue weighted by Gasteiger charge is -1.31. The van der Waals surface area contributed by atoms with Crippen molar-refractivity contribution in [1.29, 1.82) is 0 Å². The summed E-state index contributed by atoms with van der Waals surface area (Å²) in [6, 6.07) is 0. The Bertz CT molecular complexity index is 75.5. The van der Waals surface area contributed by atoms with E-state index in [0.717, 1.165) is 0 Å². The van der Waals surface area contributed by atoms with E-state index in [2.05, 4.69) is 0 Å². The summed E-state index contributed by atoms with van der Waals surface area (Å²) in [7, 11) is 0. The van der Waals surface area contributed by atoms with Crippen LogP contribution in [0.1, 0.15) is 2.74 Å². The van der Waals surface area contributed by atoms with Gasteiger partial charge in [-0.3, -0.25) is 9.59 Å². The first-order valence-corrected chi connectivity index (χ1v) is 0.658. The maximum absolute atomic E-state index is 9.27. The van der Waals surface area contributed by atoms with Gasteiger partial charge < -0.3 is 0 Å². The van der Waals surface area contributed by atoms with Crippen LogP contribution in [0.5, 0.6) is 0 Å². The van der Waals surface area contributed by atoms with E-state index in [1.807, 2.05) is 0 Å². The van der Waals surface area contributed by atoms with E-state index in [9.17, 15) is 9.59 Å². The van der Waals surface area contributed by atoms with Gasteiger partial charge in [0.2, 0.25) is 0 Å². The predicted molar refractivity (Wildman–Crippen MR) is 12.1 cm³/mol. The Balaban J connectivity index is 3.57. The second-order valence-corrected chi connectivity index (χ2v) is 0.204. The molecule has 0 saturated heterocycles. The predicted octanol–water partition coefficient (Wildman–Crippen LogP) is -0.616. The molecule has 0 aliphatic heterocycles. The fourth-order valence-corrected chi connectivity index (χ4v) is 0. The SMILES string of the molecule is [2H]C(=O)C([2H])=O. The van der Waals surface area contributed by atoms with Crippen LogP contribution in [0.3, 0.4) is 0 Å². The van der Waals surface area contributed by atoms with Gasteiger partial charge in [0.25, 0.3) is 0 Å². The van der Waals surface area contributed by atoms with E-state index in [-0.39, 0.29) is 0 Å². The standard InChI is InChI=1S/C2H2O2/c3-1-2-4/h1-2H/i1D,2D. The molecule has 0 aliphatic rings. The molecule has 0 aromatic carbocycles. The van der Waals surface area contributed by atoms with Gasteiger partial charge in [0.1, 0.15) is 2.74 Å². The van der Waals surface area contributed by atoms with Gasteiger partial charge in [-0.2, -0.15) is 0 Å². The molecule has 0 spiro atoms. The van der Waals surface area contributed by atoms with Gasteiger partial charge in [-0.05, 0) is 0 Å². The third-order valence-electron chi connectivity index (χ3n) is 0.0417. The summed E-state index contributed by atoms with van der Waals surface area (Å²) in [4.78, 5) is 18.5. The van der Waals surface area contributed by atoms with E-state index < -0.39 is 12.5 Å². The summed E-state index contributed by atoms with van der Waals surface area (Å²) in [5, 5.41) is 0. The molecule has 0 N–H and O–H groups in total. The van der Waals surface area contributed by atoms with Crippen molar-refractivity contribution in [1.82, 2.24) is 0 Å². The molecular weight excluding hydrogens is 56.0 g/mol. The zero-order valence-electron chi connectivity index (χ0n) is 3.82. The fraction of sp³-hybridized carbons (Fsp3) is 0. The monoisotopic (exact) mass is 60.0 g/mol. The summed E-state index contributed by atoms with van der Waals surface area (Å²) >= 11 is 0. The van der Waals surface area contributed by atoms with Crippen molar-refractivity contribution < 1.29 is 12.3 Å². The van der Waals surface area contributed by atoms with Crippen LogP contribution in [-0.2, 0) is 9.59 Å². The topological polar surface area (TPSA) is 34.1 Å². The third-order valence-corrected chi connectivity index (χ3v) is 0.0417. The van der Waals surface area contributed by atoms with Gasteiger partial charge in [0.15, 0.2) is 12.5 Å². The number of hydrogen-bond acceptors (Lipinski definition) is 2. The molecule has 0 saturated carbocycles. The molecule has 0 aromatic heterocycles. The minimum absolute atomic E-state index is 1.46. The first-order chi connectivity index (χ1) is 2.64. The second-order valence-electron chi connectivity index (χ2n) is 0.204. The third kappa shape index (κ3) is 1.34. The van der Waals surface area contributed by atoms with Crippen LogP contribution in [-0.4, -0.2) is 12.5 Å². The Kier molecular flexibility index (Phi) is 0.568. The Hall–Kier alpha value is -0.660. The zero-order chi connectivity index (χ0) is 5.15. The quantitative estimate of drug-likeness (QED) is 0.298. The summed E-state index contributed by atoms with van der Waals surface area (Å²) < 4.78 is 11.7. The Morgan fingerprint density at radius 1 is 1.50 bits per heavy atom. The van der Waals surface area contributed by atoms with Crippen molar-refractivity contribution in [2.75, 3.05) is 0 Å². The van der Waals surface area contributed by atoms with E-state index in [4.69, 9.17) is 2.74 Å². The van der Waals surface area contributed by atoms with Gasteiger partial charge in [-0.1, -0.05) is 0 Å². The molecule has 2 heteroatoms. The lowest BCUT2D eigenvalue weighted by Crippen LogP contribution is -1.62. The highest BCUT2D eigenvalue weighted by Gasteiger charge is 1.47. The molecule has 0 rings (SSSR count). The minimum Gasteiger partial charge on any atom is -0.295 e. The highest BCUT2D eigenvalue weighted by molar-refractivity contribution is 6.09. The maximum atomic E-state index is 9.27. The molecule has 0 atom stereocenters. The van der Waals surface area contributed by atoms with Crippen LogP contribution >= 0.6 is 0 Å². The van der Waals surface area contributed by atoms with Crippen LogP contribution in [0.4, 0.5) is 0 Å². The number of carbonyl (C=O) groups excluding carboxylic acids is 2. The normalized spacial score (nSPS) is 12.0. The molecule has 22 valence electrons. The van der Waals surface area contributed by atoms with Crippen molar-refractivity contribution >= 4 is 12.5 Å². The zero-order valence-corrected chi connectivity index (χ0v) is 1.82. The van der Waals surface area contributed by atoms with E-state index in [1.54, 1.807) is 0 Å². The van der Waals surface area contributed by atoms with Crippen molar-refractivity contribution in [3.05, 3.63) is 0 Å². The molecule has 0 fully saturated rings. The van der Waals surface area contributed by atoms with Gasteiger partial charge >= 0.3 is 0 Å². The summed E-state index contributed by atoms with van der Waals surface area (Å²) in [5.41, 5.74) is 0. The molecule has 2 nitrogen and oxygen atoms in total. The van der Waals surface area contributed by atoms with Gasteiger partial charge in [-0.25, -0.2) is 0 Å². The summed E-state index contributed by atoms with van der Waals surface area (Å²) in [5.74, 6) is 0. The van der Waals surface area contributed by atoms with E-state index in [1.165, 1.54) is 0 Å². The molecule has 0 aliphatic carbocycles. The molecular formula is C2H2O2. The van der Waals surface area contributed by atoms with Crippen molar-refractivity contribution in [2.24, 2.45) is 0 Å². The average Bonchev–Trinajstić information content (AvgIpc) is 1.36. The highest BCUT2D eigenvalue weighted by Crippen LogP contribution is 1.12. The van der Waals surface area contributed by atoms with Crippen LogP contribution in [0, 0.1) is 0 Å². The minimum atomic E-state index is -1.46. The Morgan fingerprint density at radius 2 is 1.75 bits per heavy atom. The Labute approximate surface area is 26.2 Å². The second kappa shape index (κ2) is 2.34. The fourth-order valence-electron chi connectivity index (χ4n) is 0. The highest BCUT2D eigenvalue weighted by atomic mass is 16.2. The van der Waals surface area contributed by atoms with Crippen molar-refractivity contribution in [3.63, 3.8) is 0 Å². The van der Waals surface area contributed by atoms with E-state index >= 15 is 0 Å². The Morgan fingerprint density at radius 3 is 1.75 bits per heavy atom. The average molecular weight is 60.0 g/mol. The number of hydrogen-bond donors (Lipinski definition) is 0. The smallest absolute Gasteiger partial charge is 0.182 e. The van der Waals surface area contributed by atoms with Crippen LogP contribution in [0.25, 0.3) is 0 Å². The number of rotatable bonds is 1. The lowest BCUT2D eigenvalue weighted by molar-refractivity contribution is -0.122. The molecule has 0 heterocycles. The van der Waals surface area contributed by atoms with Gasteiger partial charge in [0, 0.05) is 0 Å². The largest absolute Gasteiger partial charge is 0.295 e. The van der Waals surface area contributed by atoms with Gasteiger partial charge in [0.05, 0.1) is 0 Å². The lowest BCUT2D eigenvalue weighted by atomic mass is 10.9. The molecule has 4 heavy (non-hydrogen) atoms. The number of carbonyl (C=O) groups is 2. The van der Waals surface area contributed by atoms with Crippen molar-refractivity contribution in [3.8, 4) is 0 Å². The first kappa shape index (κ1) is 0.971. The molecule has 0 radical (unpaired) electrons. The van der Waals surface area contributed by atoms with Crippen molar-refractivity contribution in [2.45, 2.75) is 0 Å². The van der Waals surface area contributed by atoms with Crippen LogP contribution in [0.2, 0.25) is 0 Å². The van der Waals surface area contributed by atoms with E-state index in [0.29, 0.717) is 0 Å².